The van der Waals surface area contributed by atoms with E-state index in [9.17, 15) is 0 Å². The zero-order valence-corrected chi connectivity index (χ0v) is 11.7. The predicted molar refractivity (Wildman–Crippen MR) is 56.6 cm³/mol. The topological polar surface area (TPSA) is 0 Å². The predicted octanol–water partition coefficient (Wildman–Crippen LogP) is 1.94. The Morgan fingerprint density at radius 2 is 2.07 bits per heavy atom. The summed E-state index contributed by atoms with van der Waals surface area (Å²) in [6.07, 6.45) is 5.69. The molecule has 14 heavy (non-hydrogen) atoms. The van der Waals surface area contributed by atoms with Gasteiger partial charge in [0.15, 0.2) is 0 Å². The van der Waals surface area contributed by atoms with Crippen molar-refractivity contribution < 1.29 is 32.7 Å². The molecule has 0 N–H and O–H groups in total. The average molecular weight is 260 g/mol. The van der Waals surface area contributed by atoms with Gasteiger partial charge in [0.05, 0.1) is 0 Å². The Kier molecular flexibility index (Phi) is 4.53. The van der Waals surface area contributed by atoms with Crippen LogP contribution in [0.2, 0.25) is 0 Å². The SMILES string of the molecule is CCC(C)C1=c2ccccc2=[C-]C1.[Y]. The molecule has 0 saturated heterocycles. The summed E-state index contributed by atoms with van der Waals surface area (Å²) in [4.78, 5) is 0. The molecule has 0 bridgehead atoms. The first-order valence-corrected chi connectivity index (χ1v) is 5.02. The second-order valence-corrected chi connectivity index (χ2v) is 3.73. The Bertz CT molecular complexity index is 417. The van der Waals surface area contributed by atoms with Crippen molar-refractivity contribution in [1.29, 1.82) is 0 Å². The molecule has 0 heterocycles. The zero-order valence-electron chi connectivity index (χ0n) is 8.88. The van der Waals surface area contributed by atoms with Crippen molar-refractivity contribution in [3.05, 3.63) is 34.7 Å². The Balaban J connectivity index is 0.000000980. The van der Waals surface area contributed by atoms with Gasteiger partial charge in [-0.25, -0.2) is 0 Å². The second kappa shape index (κ2) is 5.23. The summed E-state index contributed by atoms with van der Waals surface area (Å²) in [6, 6.07) is 8.58. The molecule has 1 radical (unpaired) electrons. The summed E-state index contributed by atoms with van der Waals surface area (Å²) < 4.78 is 0. The van der Waals surface area contributed by atoms with Crippen molar-refractivity contribution >= 4 is 11.6 Å². The minimum absolute atomic E-state index is 0. The van der Waals surface area contributed by atoms with E-state index >= 15 is 0 Å². The largest absolute Gasteiger partial charge is 0.197 e. The van der Waals surface area contributed by atoms with Gasteiger partial charge in [-0.2, -0.15) is 17.4 Å². The van der Waals surface area contributed by atoms with Crippen molar-refractivity contribution in [2.75, 3.05) is 0 Å². The van der Waals surface area contributed by atoms with Gasteiger partial charge < -0.3 is 0 Å². The van der Waals surface area contributed by atoms with Gasteiger partial charge in [0.2, 0.25) is 0 Å². The van der Waals surface area contributed by atoms with Crippen LogP contribution >= 0.6 is 0 Å². The minimum Gasteiger partial charge on any atom is -0.197 e. The summed E-state index contributed by atoms with van der Waals surface area (Å²) in [5, 5.41) is 2.73. The summed E-state index contributed by atoms with van der Waals surface area (Å²) in [6.45, 7) is 4.55. The van der Waals surface area contributed by atoms with Crippen LogP contribution in [0.1, 0.15) is 26.7 Å². The number of hydrogen-bond donors (Lipinski definition) is 0. The van der Waals surface area contributed by atoms with E-state index < -0.39 is 0 Å². The first-order chi connectivity index (χ1) is 6.33. The molecule has 0 spiro atoms. The standard InChI is InChI=1S/C13H15.Y/c1-3-10(2)12-9-8-11-6-4-5-7-13(11)12;/h4-7,10H,3,9H2,1-2H3;/q-1;. The first-order valence-electron chi connectivity index (χ1n) is 5.02. The molecule has 1 aromatic carbocycles. The molecule has 2 rings (SSSR count). The molecule has 0 saturated carbocycles. The Morgan fingerprint density at radius 1 is 1.36 bits per heavy atom. The molecule has 1 unspecified atom stereocenters. The normalized spacial score (nSPS) is 15.4. The molecule has 0 aromatic heterocycles. The smallest absolute Gasteiger partial charge is 0 e. The molecule has 0 amide bonds. The van der Waals surface area contributed by atoms with Crippen LogP contribution < -0.4 is 10.4 Å². The molecular weight excluding hydrogens is 245 g/mol. The molecule has 1 aliphatic rings. The van der Waals surface area contributed by atoms with Crippen LogP contribution in [-0.4, -0.2) is 0 Å². The summed E-state index contributed by atoms with van der Waals surface area (Å²) in [5.74, 6) is 0.705. The van der Waals surface area contributed by atoms with Crippen molar-refractivity contribution in [2.45, 2.75) is 26.7 Å². The summed E-state index contributed by atoms with van der Waals surface area (Å²) >= 11 is 0. The van der Waals surface area contributed by atoms with Crippen molar-refractivity contribution in [3.63, 3.8) is 0 Å². The van der Waals surface area contributed by atoms with E-state index in [-0.39, 0.29) is 32.7 Å². The van der Waals surface area contributed by atoms with Crippen LogP contribution in [0.4, 0.5) is 0 Å². The molecule has 1 heteroatoms. The Hall–Kier alpha value is 0.0639. The van der Waals surface area contributed by atoms with Gasteiger partial charge >= 0.3 is 0 Å². The third-order valence-electron chi connectivity index (χ3n) is 2.95. The summed E-state index contributed by atoms with van der Waals surface area (Å²) in [5.41, 5.74) is 1.57. The molecule has 0 fully saturated rings. The molecule has 1 aliphatic carbocycles. The van der Waals surface area contributed by atoms with Crippen molar-refractivity contribution in [1.82, 2.24) is 0 Å². The number of benzene rings is 1. The third-order valence-corrected chi connectivity index (χ3v) is 2.95. The minimum atomic E-state index is 0. The maximum absolute atomic E-state index is 3.43. The van der Waals surface area contributed by atoms with E-state index in [2.05, 4.69) is 44.2 Å². The van der Waals surface area contributed by atoms with Gasteiger partial charge in [0, 0.05) is 32.7 Å². The van der Waals surface area contributed by atoms with Gasteiger partial charge in [-0.3, -0.25) is 0 Å². The Labute approximate surface area is 111 Å². The van der Waals surface area contributed by atoms with Crippen LogP contribution in [0.3, 0.4) is 0 Å². The van der Waals surface area contributed by atoms with Crippen LogP contribution in [0.5, 0.6) is 0 Å². The monoisotopic (exact) mass is 260 g/mol. The maximum atomic E-state index is 3.43. The second-order valence-electron chi connectivity index (χ2n) is 3.73. The van der Waals surface area contributed by atoms with Gasteiger partial charge in [-0.1, -0.05) is 32.8 Å². The van der Waals surface area contributed by atoms with Crippen LogP contribution in [-0.2, 0) is 32.7 Å². The fraction of sp³-hybridized carbons (Fsp3) is 0.385. The number of rotatable bonds is 2. The van der Waals surface area contributed by atoms with E-state index in [1.165, 1.54) is 16.9 Å². The average Bonchev–Trinajstić information content (AvgIpc) is 2.60. The number of fused-ring (bicyclic) bond motifs is 1. The molecule has 0 aliphatic heterocycles. The molecular formula is C13H15Y-. The van der Waals surface area contributed by atoms with E-state index in [4.69, 9.17) is 0 Å². The molecule has 0 nitrogen and oxygen atoms in total. The van der Waals surface area contributed by atoms with Crippen LogP contribution in [0, 0.1) is 5.92 Å². The van der Waals surface area contributed by atoms with E-state index in [0.29, 0.717) is 5.92 Å². The van der Waals surface area contributed by atoms with Crippen LogP contribution in [0.25, 0.3) is 11.6 Å². The van der Waals surface area contributed by atoms with E-state index in [1.807, 2.05) is 0 Å². The summed E-state index contributed by atoms with van der Waals surface area (Å²) in [7, 11) is 0. The fourth-order valence-electron chi connectivity index (χ4n) is 1.89. The van der Waals surface area contributed by atoms with E-state index in [1.54, 1.807) is 5.57 Å². The first kappa shape index (κ1) is 12.1. The van der Waals surface area contributed by atoms with Gasteiger partial charge in [-0.05, 0) is 5.92 Å². The maximum Gasteiger partial charge on any atom is 0 e. The van der Waals surface area contributed by atoms with Crippen molar-refractivity contribution in [2.24, 2.45) is 5.92 Å². The van der Waals surface area contributed by atoms with Gasteiger partial charge in [0.1, 0.15) is 0 Å². The van der Waals surface area contributed by atoms with Crippen molar-refractivity contribution in [3.8, 4) is 0 Å². The molecule has 71 valence electrons. The Morgan fingerprint density at radius 3 is 2.79 bits per heavy atom. The quantitative estimate of drug-likeness (QED) is 0.713. The third kappa shape index (κ3) is 2.17. The van der Waals surface area contributed by atoms with E-state index in [0.717, 1.165) is 6.42 Å². The number of hydrogen-bond acceptors (Lipinski definition) is 0. The fourth-order valence-corrected chi connectivity index (χ4v) is 1.89. The molecule has 1 atom stereocenters. The van der Waals surface area contributed by atoms with Crippen LogP contribution in [0.15, 0.2) is 24.3 Å². The zero-order chi connectivity index (χ0) is 9.26. The molecule has 1 aromatic rings. The van der Waals surface area contributed by atoms with Gasteiger partial charge in [0.25, 0.3) is 0 Å². The van der Waals surface area contributed by atoms with Gasteiger partial charge in [-0.15, -0.1) is 22.9 Å².